The number of carboxylic acid groups (broad SMARTS) is 1. The van der Waals surface area contributed by atoms with Gasteiger partial charge < -0.3 is 10.2 Å². The van der Waals surface area contributed by atoms with Crippen LogP contribution in [0.3, 0.4) is 0 Å². The van der Waals surface area contributed by atoms with Crippen molar-refractivity contribution in [2.45, 2.75) is 0 Å². The van der Waals surface area contributed by atoms with E-state index in [2.05, 4.69) is 0 Å². The molecule has 0 amide bonds. The molecule has 2 rings (SSSR count). The molecule has 0 unspecified atom stereocenters. The molecule has 0 heterocycles. The first kappa shape index (κ1) is 13.1. The monoisotopic (exact) mass is 276 g/mol. The summed E-state index contributed by atoms with van der Waals surface area (Å²) in [7, 11) is 0. The highest BCUT2D eigenvalue weighted by Crippen LogP contribution is 2.26. The molecule has 0 saturated carbocycles. The Morgan fingerprint density at radius 3 is 2.21 bits per heavy atom. The van der Waals surface area contributed by atoms with Crippen LogP contribution in [0.1, 0.15) is 26.3 Å². The molecule has 2 N–H and O–H groups in total. The van der Waals surface area contributed by atoms with Gasteiger partial charge in [0.15, 0.2) is 5.78 Å². The van der Waals surface area contributed by atoms with Gasteiger partial charge in [0.2, 0.25) is 0 Å². The highest BCUT2D eigenvalue weighted by atomic mass is 35.5. The van der Waals surface area contributed by atoms with Crippen LogP contribution in [0.5, 0.6) is 5.75 Å². The van der Waals surface area contributed by atoms with E-state index in [1.807, 2.05) is 0 Å². The Balaban J connectivity index is 2.60. The Kier molecular flexibility index (Phi) is 3.53. The van der Waals surface area contributed by atoms with E-state index < -0.39 is 23.1 Å². The Bertz CT molecular complexity index is 664. The van der Waals surface area contributed by atoms with Crippen molar-refractivity contribution in [1.29, 1.82) is 0 Å². The zero-order valence-electron chi connectivity index (χ0n) is 9.63. The van der Waals surface area contributed by atoms with Crippen LogP contribution in [0.25, 0.3) is 0 Å². The molecular weight excluding hydrogens is 268 g/mol. The molecule has 0 atom stereocenters. The van der Waals surface area contributed by atoms with Crippen LogP contribution in [0, 0.1) is 0 Å². The smallest absolute Gasteiger partial charge is 0.340 e. The summed E-state index contributed by atoms with van der Waals surface area (Å²) in [5.41, 5.74) is -0.328. The van der Waals surface area contributed by atoms with E-state index in [0.717, 1.165) is 0 Å². The normalized spacial score (nSPS) is 10.2. The molecule has 0 bridgehead atoms. The zero-order chi connectivity index (χ0) is 14.0. The van der Waals surface area contributed by atoms with Gasteiger partial charge in [-0.25, -0.2) is 4.79 Å². The van der Waals surface area contributed by atoms with Crippen LogP contribution in [0.15, 0.2) is 42.5 Å². The quantitative estimate of drug-likeness (QED) is 0.845. The number of hydrogen-bond donors (Lipinski definition) is 2. The van der Waals surface area contributed by atoms with E-state index in [1.165, 1.54) is 30.3 Å². The third-order valence-corrected chi connectivity index (χ3v) is 2.95. The van der Waals surface area contributed by atoms with Crippen molar-refractivity contribution in [2.75, 3.05) is 0 Å². The molecular formula is C14H9ClO4. The van der Waals surface area contributed by atoms with Gasteiger partial charge in [-0.15, -0.1) is 0 Å². The average molecular weight is 277 g/mol. The fraction of sp³-hybridized carbons (Fsp3) is 0. The van der Waals surface area contributed by atoms with E-state index in [1.54, 1.807) is 12.1 Å². The lowest BCUT2D eigenvalue weighted by atomic mass is 9.97. The third-order valence-electron chi connectivity index (χ3n) is 2.62. The summed E-state index contributed by atoms with van der Waals surface area (Å²) in [6.07, 6.45) is 0. The van der Waals surface area contributed by atoms with Crippen molar-refractivity contribution in [3.05, 3.63) is 64.2 Å². The number of aromatic carboxylic acids is 1. The molecule has 0 aliphatic rings. The predicted octanol–water partition coefficient (Wildman–Crippen LogP) is 2.97. The highest BCUT2D eigenvalue weighted by molar-refractivity contribution is 6.35. The summed E-state index contributed by atoms with van der Waals surface area (Å²) < 4.78 is 0. The number of halogens is 1. The van der Waals surface area contributed by atoms with Crippen LogP contribution in [-0.2, 0) is 0 Å². The van der Waals surface area contributed by atoms with Gasteiger partial charge in [-0.3, -0.25) is 4.79 Å². The summed E-state index contributed by atoms with van der Waals surface area (Å²) in [5.74, 6) is -2.36. The topological polar surface area (TPSA) is 74.6 Å². The third kappa shape index (κ3) is 2.44. The molecule has 0 aromatic heterocycles. The largest absolute Gasteiger partial charge is 0.507 e. The van der Waals surface area contributed by atoms with Crippen LogP contribution in [0.2, 0.25) is 5.02 Å². The lowest BCUT2D eigenvalue weighted by Gasteiger charge is -2.08. The standard InChI is InChI=1S/C14H9ClO4/c15-10-6-2-1-4-8(10)13(17)9-5-3-7-11(16)12(9)14(18)19/h1-7,16H,(H,18,19). The minimum atomic E-state index is -1.37. The van der Waals surface area contributed by atoms with Gasteiger partial charge in [-0.2, -0.15) is 0 Å². The minimum Gasteiger partial charge on any atom is -0.507 e. The molecule has 2 aromatic carbocycles. The maximum atomic E-state index is 12.3. The number of carbonyl (C=O) groups excluding carboxylic acids is 1. The van der Waals surface area contributed by atoms with Gasteiger partial charge in [0.05, 0.1) is 5.02 Å². The van der Waals surface area contributed by atoms with Gasteiger partial charge in [-0.05, 0) is 24.3 Å². The number of rotatable bonds is 3. The maximum absolute atomic E-state index is 12.3. The summed E-state index contributed by atoms with van der Waals surface area (Å²) in [6, 6.07) is 10.3. The molecule has 0 spiro atoms. The van der Waals surface area contributed by atoms with E-state index in [9.17, 15) is 14.7 Å². The highest BCUT2D eigenvalue weighted by Gasteiger charge is 2.22. The fourth-order valence-corrected chi connectivity index (χ4v) is 1.97. The van der Waals surface area contributed by atoms with E-state index >= 15 is 0 Å². The number of carboxylic acids is 1. The van der Waals surface area contributed by atoms with Gasteiger partial charge in [0, 0.05) is 11.1 Å². The summed E-state index contributed by atoms with van der Waals surface area (Å²) in [6.45, 7) is 0. The first-order valence-electron chi connectivity index (χ1n) is 5.37. The number of hydrogen-bond acceptors (Lipinski definition) is 3. The van der Waals surface area contributed by atoms with Crippen molar-refractivity contribution in [3.8, 4) is 5.75 Å². The maximum Gasteiger partial charge on any atom is 0.340 e. The Morgan fingerprint density at radius 1 is 0.947 bits per heavy atom. The zero-order valence-corrected chi connectivity index (χ0v) is 10.4. The second kappa shape index (κ2) is 5.12. The molecule has 0 aliphatic carbocycles. The molecule has 0 saturated heterocycles. The summed E-state index contributed by atoms with van der Waals surface area (Å²) in [5, 5.41) is 18.9. The van der Waals surface area contributed by atoms with E-state index in [-0.39, 0.29) is 16.1 Å². The second-order valence-corrected chi connectivity index (χ2v) is 4.22. The lowest BCUT2D eigenvalue weighted by molar-refractivity contribution is 0.0689. The lowest BCUT2D eigenvalue weighted by Crippen LogP contribution is -2.10. The van der Waals surface area contributed by atoms with Crippen LogP contribution in [-0.4, -0.2) is 22.0 Å². The van der Waals surface area contributed by atoms with Crippen molar-refractivity contribution < 1.29 is 19.8 Å². The number of ketones is 1. The van der Waals surface area contributed by atoms with Crippen molar-refractivity contribution in [3.63, 3.8) is 0 Å². The number of aromatic hydroxyl groups is 1. The second-order valence-electron chi connectivity index (χ2n) is 3.81. The minimum absolute atomic E-state index is 0.0967. The van der Waals surface area contributed by atoms with E-state index in [4.69, 9.17) is 16.7 Å². The summed E-state index contributed by atoms with van der Waals surface area (Å²) in [4.78, 5) is 23.4. The Labute approximate surface area is 113 Å². The first-order valence-corrected chi connectivity index (χ1v) is 5.74. The molecule has 19 heavy (non-hydrogen) atoms. The average Bonchev–Trinajstić information content (AvgIpc) is 2.37. The Hall–Kier alpha value is -2.33. The van der Waals surface area contributed by atoms with Crippen molar-refractivity contribution in [2.24, 2.45) is 0 Å². The first-order chi connectivity index (χ1) is 9.02. The van der Waals surface area contributed by atoms with Gasteiger partial charge in [0.25, 0.3) is 0 Å². The predicted molar refractivity (Wildman–Crippen MR) is 70.0 cm³/mol. The molecule has 5 heteroatoms. The molecule has 0 radical (unpaired) electrons. The van der Waals surface area contributed by atoms with Gasteiger partial charge in [0.1, 0.15) is 11.3 Å². The fourth-order valence-electron chi connectivity index (χ4n) is 1.74. The van der Waals surface area contributed by atoms with Crippen LogP contribution < -0.4 is 0 Å². The molecule has 4 nitrogen and oxygen atoms in total. The molecule has 0 fully saturated rings. The van der Waals surface area contributed by atoms with Gasteiger partial charge >= 0.3 is 5.97 Å². The number of benzene rings is 2. The van der Waals surface area contributed by atoms with Gasteiger partial charge in [-0.1, -0.05) is 29.8 Å². The SMILES string of the molecule is O=C(c1ccccc1Cl)c1cccc(O)c1C(=O)O. The molecule has 96 valence electrons. The van der Waals surface area contributed by atoms with Crippen molar-refractivity contribution >= 4 is 23.4 Å². The summed E-state index contributed by atoms with van der Waals surface area (Å²) >= 11 is 5.91. The van der Waals surface area contributed by atoms with Crippen LogP contribution in [0.4, 0.5) is 0 Å². The molecule has 0 aliphatic heterocycles. The number of carbonyl (C=O) groups is 2. The number of phenols is 1. The van der Waals surface area contributed by atoms with Crippen LogP contribution >= 0.6 is 11.6 Å². The Morgan fingerprint density at radius 2 is 1.58 bits per heavy atom. The van der Waals surface area contributed by atoms with E-state index in [0.29, 0.717) is 0 Å². The molecule has 2 aromatic rings. The van der Waals surface area contributed by atoms with Crippen molar-refractivity contribution in [1.82, 2.24) is 0 Å².